The van der Waals surface area contributed by atoms with Crippen LogP contribution >= 0.6 is 11.3 Å². The predicted octanol–water partition coefficient (Wildman–Crippen LogP) is 4.94. The SMILES string of the molecule is CCCCc1noc(C)c1C=Cc1nc(C)c(C(=O)N[C@H](C)C(F)(F)F)s1. The van der Waals surface area contributed by atoms with Crippen molar-refractivity contribution in [2.45, 2.75) is 59.2 Å². The lowest BCUT2D eigenvalue weighted by molar-refractivity contribution is -0.149. The molecule has 0 saturated heterocycles. The number of halogens is 3. The third-order valence-electron chi connectivity index (χ3n) is 4.00. The third kappa shape index (κ3) is 5.41. The molecule has 0 spiro atoms. The van der Waals surface area contributed by atoms with Crippen LogP contribution in [0.1, 0.15) is 64.1 Å². The maximum atomic E-state index is 12.6. The minimum absolute atomic E-state index is 0.166. The second kappa shape index (κ2) is 8.69. The Morgan fingerprint density at radius 1 is 1.33 bits per heavy atom. The van der Waals surface area contributed by atoms with E-state index in [0.29, 0.717) is 16.5 Å². The molecule has 0 aliphatic carbocycles. The molecule has 0 aliphatic rings. The molecule has 0 radical (unpaired) electrons. The number of carbonyl (C=O) groups excluding carboxylic acids is 1. The predicted molar refractivity (Wildman–Crippen MR) is 98.6 cm³/mol. The number of carbonyl (C=O) groups is 1. The van der Waals surface area contributed by atoms with Crippen LogP contribution < -0.4 is 5.32 Å². The van der Waals surface area contributed by atoms with Crippen molar-refractivity contribution in [3.63, 3.8) is 0 Å². The molecule has 1 N–H and O–H groups in total. The molecule has 1 atom stereocenters. The lowest BCUT2D eigenvalue weighted by atomic mass is 10.1. The molecule has 0 aromatic carbocycles. The van der Waals surface area contributed by atoms with Crippen LogP contribution in [0.15, 0.2) is 4.52 Å². The number of aryl methyl sites for hydroxylation is 3. The zero-order chi connectivity index (χ0) is 20.2. The Morgan fingerprint density at radius 3 is 2.67 bits per heavy atom. The largest absolute Gasteiger partial charge is 0.408 e. The maximum absolute atomic E-state index is 12.6. The van der Waals surface area contributed by atoms with Crippen molar-refractivity contribution in [3.05, 3.63) is 32.6 Å². The van der Waals surface area contributed by atoms with Gasteiger partial charge in [-0.1, -0.05) is 18.5 Å². The number of aromatic nitrogens is 2. The lowest BCUT2D eigenvalue weighted by Crippen LogP contribution is -2.43. The number of thiazole rings is 1. The van der Waals surface area contributed by atoms with Crippen LogP contribution in [-0.2, 0) is 6.42 Å². The molecule has 0 fully saturated rings. The molecular weight excluding hydrogens is 379 g/mol. The fraction of sp³-hybridized carbons (Fsp3) is 0.500. The number of unbranched alkanes of at least 4 members (excludes halogenated alkanes) is 1. The monoisotopic (exact) mass is 401 g/mol. The van der Waals surface area contributed by atoms with Crippen molar-refractivity contribution in [3.8, 4) is 0 Å². The molecule has 0 bridgehead atoms. The Labute approximate surface area is 159 Å². The maximum Gasteiger partial charge on any atom is 0.408 e. The Hall–Kier alpha value is -2.16. The van der Waals surface area contributed by atoms with Crippen molar-refractivity contribution in [1.82, 2.24) is 15.5 Å². The van der Waals surface area contributed by atoms with Gasteiger partial charge in [0.2, 0.25) is 0 Å². The zero-order valence-electron chi connectivity index (χ0n) is 15.6. The van der Waals surface area contributed by atoms with Gasteiger partial charge in [-0.2, -0.15) is 13.2 Å². The summed E-state index contributed by atoms with van der Waals surface area (Å²) in [4.78, 5) is 16.5. The second-order valence-corrected chi connectivity index (χ2v) is 7.27. The van der Waals surface area contributed by atoms with E-state index < -0.39 is 18.1 Å². The smallest absolute Gasteiger partial charge is 0.361 e. The van der Waals surface area contributed by atoms with Crippen LogP contribution in [0.2, 0.25) is 0 Å². The van der Waals surface area contributed by atoms with E-state index in [4.69, 9.17) is 4.52 Å². The highest BCUT2D eigenvalue weighted by Gasteiger charge is 2.37. The van der Waals surface area contributed by atoms with Crippen molar-refractivity contribution >= 4 is 29.4 Å². The highest BCUT2D eigenvalue weighted by Crippen LogP contribution is 2.24. The Balaban J connectivity index is 2.16. The molecular formula is C18H22F3N3O2S. The van der Waals surface area contributed by atoms with Gasteiger partial charge in [0.15, 0.2) is 0 Å². The first-order valence-electron chi connectivity index (χ1n) is 8.61. The number of nitrogens with one attached hydrogen (secondary N) is 1. The first-order chi connectivity index (χ1) is 12.6. The molecule has 148 valence electrons. The summed E-state index contributed by atoms with van der Waals surface area (Å²) in [6, 6.07) is -1.92. The van der Waals surface area contributed by atoms with E-state index in [1.807, 2.05) is 18.3 Å². The van der Waals surface area contributed by atoms with Gasteiger partial charge in [0, 0.05) is 5.56 Å². The summed E-state index contributed by atoms with van der Waals surface area (Å²) >= 11 is 1.04. The first-order valence-corrected chi connectivity index (χ1v) is 9.43. The highest BCUT2D eigenvalue weighted by molar-refractivity contribution is 7.14. The normalized spacial score (nSPS) is 13.3. The number of rotatable bonds is 7. The van der Waals surface area contributed by atoms with Gasteiger partial charge in [-0.3, -0.25) is 4.79 Å². The molecule has 2 aromatic heterocycles. The van der Waals surface area contributed by atoms with E-state index in [0.717, 1.165) is 48.8 Å². The summed E-state index contributed by atoms with van der Waals surface area (Å²) in [5.74, 6) is -0.0955. The molecule has 0 saturated carbocycles. The van der Waals surface area contributed by atoms with Gasteiger partial charge in [0.1, 0.15) is 21.7 Å². The lowest BCUT2D eigenvalue weighted by Gasteiger charge is -2.16. The average Bonchev–Trinajstić information content (AvgIpc) is 3.12. The van der Waals surface area contributed by atoms with Gasteiger partial charge < -0.3 is 9.84 Å². The minimum Gasteiger partial charge on any atom is -0.361 e. The van der Waals surface area contributed by atoms with Crippen LogP contribution in [0.4, 0.5) is 13.2 Å². The summed E-state index contributed by atoms with van der Waals surface area (Å²) in [7, 11) is 0. The van der Waals surface area contributed by atoms with Gasteiger partial charge >= 0.3 is 6.18 Å². The van der Waals surface area contributed by atoms with E-state index in [1.54, 1.807) is 13.0 Å². The fourth-order valence-electron chi connectivity index (χ4n) is 2.36. The van der Waals surface area contributed by atoms with Crippen LogP contribution in [0.3, 0.4) is 0 Å². The van der Waals surface area contributed by atoms with Gasteiger partial charge in [-0.05, 0) is 45.8 Å². The number of hydrogen-bond acceptors (Lipinski definition) is 5. The molecule has 2 heterocycles. The molecule has 9 heteroatoms. The van der Waals surface area contributed by atoms with E-state index in [2.05, 4.69) is 17.1 Å². The highest BCUT2D eigenvalue weighted by atomic mass is 32.1. The minimum atomic E-state index is -4.49. The molecule has 2 rings (SSSR count). The Bertz CT molecular complexity index is 824. The molecule has 2 aromatic rings. The van der Waals surface area contributed by atoms with E-state index in [9.17, 15) is 18.0 Å². The quantitative estimate of drug-likeness (QED) is 0.713. The van der Waals surface area contributed by atoms with Crippen molar-refractivity contribution in [1.29, 1.82) is 0 Å². The number of amides is 1. The molecule has 0 aliphatic heterocycles. The fourth-order valence-corrected chi connectivity index (χ4v) is 3.23. The Kier molecular flexibility index (Phi) is 6.80. The summed E-state index contributed by atoms with van der Waals surface area (Å²) in [6.07, 6.45) is 1.87. The van der Waals surface area contributed by atoms with Crippen molar-refractivity contribution in [2.24, 2.45) is 0 Å². The van der Waals surface area contributed by atoms with Gasteiger partial charge in [0.05, 0.1) is 11.4 Å². The van der Waals surface area contributed by atoms with E-state index in [-0.39, 0.29) is 4.88 Å². The molecule has 1 amide bonds. The van der Waals surface area contributed by atoms with Gasteiger partial charge in [-0.15, -0.1) is 11.3 Å². The summed E-state index contributed by atoms with van der Waals surface area (Å²) in [6.45, 7) is 6.40. The van der Waals surface area contributed by atoms with E-state index in [1.165, 1.54) is 0 Å². The van der Waals surface area contributed by atoms with E-state index >= 15 is 0 Å². The Morgan fingerprint density at radius 2 is 2.04 bits per heavy atom. The van der Waals surface area contributed by atoms with Crippen LogP contribution in [0.25, 0.3) is 12.2 Å². The number of nitrogens with zero attached hydrogens (tertiary/aromatic N) is 2. The molecule has 27 heavy (non-hydrogen) atoms. The molecule has 5 nitrogen and oxygen atoms in total. The summed E-state index contributed by atoms with van der Waals surface area (Å²) < 4.78 is 43.1. The summed E-state index contributed by atoms with van der Waals surface area (Å²) in [5.41, 5.74) is 2.11. The average molecular weight is 401 g/mol. The third-order valence-corrected chi connectivity index (χ3v) is 5.12. The van der Waals surface area contributed by atoms with Crippen molar-refractivity contribution < 1.29 is 22.5 Å². The second-order valence-electron chi connectivity index (χ2n) is 6.24. The van der Waals surface area contributed by atoms with Gasteiger partial charge in [-0.25, -0.2) is 4.98 Å². The molecule has 0 unspecified atom stereocenters. The standard InChI is InChI=1S/C18H22F3N3O2S/c1-5-6-7-14-13(11(3)26-24-14)8-9-15-22-10(2)16(27-15)17(25)23-12(4)18(19,20)21/h8-9,12H,5-7H2,1-4H3,(H,23,25)/t12-/m1/s1. The van der Waals surface area contributed by atoms with Crippen LogP contribution in [0, 0.1) is 13.8 Å². The van der Waals surface area contributed by atoms with Crippen molar-refractivity contribution in [2.75, 3.05) is 0 Å². The summed E-state index contributed by atoms with van der Waals surface area (Å²) in [5, 5.41) is 6.54. The number of alkyl halides is 3. The van der Waals surface area contributed by atoms with Gasteiger partial charge in [0.25, 0.3) is 5.91 Å². The van der Waals surface area contributed by atoms with Crippen LogP contribution in [0.5, 0.6) is 0 Å². The number of hydrogen-bond donors (Lipinski definition) is 1. The topological polar surface area (TPSA) is 68.0 Å². The first kappa shape index (κ1) is 21.1. The zero-order valence-corrected chi connectivity index (χ0v) is 16.4. The van der Waals surface area contributed by atoms with Crippen LogP contribution in [-0.4, -0.2) is 28.3 Å².